The van der Waals surface area contributed by atoms with Crippen molar-refractivity contribution in [3.8, 4) is 0 Å². The van der Waals surface area contributed by atoms with Crippen LogP contribution in [0.5, 0.6) is 0 Å². The lowest BCUT2D eigenvalue weighted by molar-refractivity contribution is 0.0519. The predicted molar refractivity (Wildman–Crippen MR) is 75.6 cm³/mol. The first kappa shape index (κ1) is 14.1. The Labute approximate surface area is 118 Å². The van der Waals surface area contributed by atoms with Gasteiger partial charge in [0.1, 0.15) is 6.26 Å². The Kier molecular flexibility index (Phi) is 4.76. The fourth-order valence-electron chi connectivity index (χ4n) is 1.89. The highest BCUT2D eigenvalue weighted by Gasteiger charge is 2.16. The molecule has 0 unspecified atom stereocenters. The van der Waals surface area contributed by atoms with E-state index in [0.29, 0.717) is 12.6 Å². The van der Waals surface area contributed by atoms with Crippen molar-refractivity contribution in [2.45, 2.75) is 26.3 Å². The number of benzene rings is 1. The number of hydrogen-bond acceptors (Lipinski definition) is 5. The molecule has 1 heterocycles. The fraction of sp³-hybridized carbons (Fsp3) is 0.333. The first-order chi connectivity index (χ1) is 9.74. The van der Waals surface area contributed by atoms with Crippen LogP contribution in [0.1, 0.15) is 42.4 Å². The number of oxazole rings is 1. The molecule has 106 valence electrons. The summed E-state index contributed by atoms with van der Waals surface area (Å²) >= 11 is 0. The van der Waals surface area contributed by atoms with E-state index in [1.807, 2.05) is 30.3 Å². The number of carbonyl (C=O) groups excluding carboxylic acids is 1. The normalized spacial score (nSPS) is 11.9. The Bertz CT molecular complexity index is 551. The summed E-state index contributed by atoms with van der Waals surface area (Å²) in [6, 6.07) is 10.4. The molecule has 2 rings (SSSR count). The van der Waals surface area contributed by atoms with E-state index in [9.17, 15) is 4.79 Å². The van der Waals surface area contributed by atoms with Gasteiger partial charge in [-0.2, -0.15) is 4.98 Å². The highest BCUT2D eigenvalue weighted by molar-refractivity contribution is 5.87. The zero-order chi connectivity index (χ0) is 14.4. The molecule has 0 amide bonds. The van der Waals surface area contributed by atoms with Crippen LogP contribution in [-0.4, -0.2) is 17.6 Å². The summed E-state index contributed by atoms with van der Waals surface area (Å²) < 4.78 is 10.1. The van der Waals surface area contributed by atoms with E-state index in [1.165, 1.54) is 6.26 Å². The van der Waals surface area contributed by atoms with Crippen molar-refractivity contribution in [3.63, 3.8) is 0 Å². The van der Waals surface area contributed by atoms with E-state index in [2.05, 4.69) is 17.2 Å². The maximum atomic E-state index is 11.5. The zero-order valence-electron chi connectivity index (χ0n) is 11.6. The lowest BCUT2D eigenvalue weighted by Crippen LogP contribution is -2.10. The minimum atomic E-state index is -0.475. The van der Waals surface area contributed by atoms with Crippen molar-refractivity contribution < 1.29 is 13.9 Å². The maximum Gasteiger partial charge on any atom is 0.360 e. The van der Waals surface area contributed by atoms with E-state index >= 15 is 0 Å². The van der Waals surface area contributed by atoms with Crippen LogP contribution in [-0.2, 0) is 4.74 Å². The molecule has 0 saturated heterocycles. The van der Waals surface area contributed by atoms with Crippen LogP contribution in [0.2, 0.25) is 0 Å². The summed E-state index contributed by atoms with van der Waals surface area (Å²) in [7, 11) is 0. The number of esters is 1. The van der Waals surface area contributed by atoms with Crippen LogP contribution in [0.15, 0.2) is 41.0 Å². The molecule has 1 N–H and O–H groups in total. The van der Waals surface area contributed by atoms with E-state index in [1.54, 1.807) is 6.92 Å². The number of hydrogen-bond donors (Lipinski definition) is 1. The van der Waals surface area contributed by atoms with Gasteiger partial charge in [0, 0.05) is 0 Å². The number of aromatic nitrogens is 1. The first-order valence-electron chi connectivity index (χ1n) is 6.68. The van der Waals surface area contributed by atoms with E-state index in [-0.39, 0.29) is 11.7 Å². The summed E-state index contributed by atoms with van der Waals surface area (Å²) in [6.07, 6.45) is 2.18. The van der Waals surface area contributed by atoms with Crippen LogP contribution >= 0.6 is 0 Å². The third-order valence-corrected chi connectivity index (χ3v) is 2.90. The molecule has 5 heteroatoms. The van der Waals surface area contributed by atoms with Crippen LogP contribution < -0.4 is 5.32 Å². The summed E-state index contributed by atoms with van der Waals surface area (Å²) in [5.41, 5.74) is 1.32. The van der Waals surface area contributed by atoms with Crippen LogP contribution in [0, 0.1) is 0 Å². The van der Waals surface area contributed by atoms with Gasteiger partial charge in [0.2, 0.25) is 0 Å². The van der Waals surface area contributed by atoms with Gasteiger partial charge in [-0.3, -0.25) is 0 Å². The molecule has 0 aliphatic carbocycles. The number of nitrogens with zero attached hydrogens (tertiary/aromatic N) is 1. The molecule has 1 aromatic carbocycles. The Balaban J connectivity index is 2.07. The Morgan fingerprint density at radius 3 is 2.75 bits per heavy atom. The van der Waals surface area contributed by atoms with Crippen LogP contribution in [0.25, 0.3) is 0 Å². The Morgan fingerprint density at radius 1 is 1.35 bits per heavy atom. The second-order valence-electron chi connectivity index (χ2n) is 4.27. The van der Waals surface area contributed by atoms with Crippen molar-refractivity contribution in [1.82, 2.24) is 4.98 Å². The molecule has 0 aliphatic rings. The van der Waals surface area contributed by atoms with Crippen molar-refractivity contribution >= 4 is 12.0 Å². The minimum Gasteiger partial charge on any atom is -0.461 e. The second-order valence-corrected chi connectivity index (χ2v) is 4.27. The van der Waals surface area contributed by atoms with Crippen molar-refractivity contribution in [2.24, 2.45) is 0 Å². The van der Waals surface area contributed by atoms with Gasteiger partial charge < -0.3 is 14.5 Å². The molecule has 1 aromatic heterocycles. The zero-order valence-corrected chi connectivity index (χ0v) is 11.6. The third kappa shape index (κ3) is 3.38. The van der Waals surface area contributed by atoms with Gasteiger partial charge >= 0.3 is 5.97 Å². The number of anilines is 1. The minimum absolute atomic E-state index is 0.0879. The van der Waals surface area contributed by atoms with Gasteiger partial charge in [0.05, 0.1) is 12.6 Å². The van der Waals surface area contributed by atoms with Gasteiger partial charge in [0.25, 0.3) is 6.01 Å². The van der Waals surface area contributed by atoms with Gasteiger partial charge in [-0.1, -0.05) is 37.3 Å². The number of rotatable bonds is 6. The number of ether oxygens (including phenoxy) is 1. The quantitative estimate of drug-likeness (QED) is 0.818. The van der Waals surface area contributed by atoms with E-state index in [0.717, 1.165) is 12.0 Å². The Morgan fingerprint density at radius 2 is 2.10 bits per heavy atom. The van der Waals surface area contributed by atoms with Gasteiger partial charge in [-0.25, -0.2) is 4.79 Å². The molecule has 0 saturated carbocycles. The first-order valence-corrected chi connectivity index (χ1v) is 6.68. The second kappa shape index (κ2) is 6.75. The summed E-state index contributed by atoms with van der Waals surface area (Å²) in [4.78, 5) is 15.6. The molecular formula is C15H18N2O3. The lowest BCUT2D eigenvalue weighted by Gasteiger charge is -2.15. The molecule has 0 radical (unpaired) electrons. The monoisotopic (exact) mass is 274 g/mol. The SMILES string of the molecule is CCOC(=O)c1coc(N[C@H](CC)c2ccccc2)n1. The maximum absolute atomic E-state index is 11.5. The van der Waals surface area contributed by atoms with Crippen molar-refractivity contribution in [2.75, 3.05) is 11.9 Å². The number of carbonyl (C=O) groups is 1. The highest BCUT2D eigenvalue weighted by atomic mass is 16.5. The van der Waals surface area contributed by atoms with Gasteiger partial charge in [-0.15, -0.1) is 0 Å². The largest absolute Gasteiger partial charge is 0.461 e. The van der Waals surface area contributed by atoms with E-state index < -0.39 is 5.97 Å². The third-order valence-electron chi connectivity index (χ3n) is 2.90. The predicted octanol–water partition coefficient (Wildman–Crippen LogP) is 3.41. The molecular weight excluding hydrogens is 256 g/mol. The summed E-state index contributed by atoms with van der Waals surface area (Å²) in [5.74, 6) is -0.475. The molecule has 0 bridgehead atoms. The van der Waals surface area contributed by atoms with Crippen molar-refractivity contribution in [1.29, 1.82) is 0 Å². The standard InChI is InChI=1S/C15H18N2O3/c1-3-12(11-8-6-5-7-9-11)16-15-17-13(10-20-15)14(18)19-4-2/h5-10,12H,3-4H2,1-2H3,(H,16,17)/t12-/m1/s1. The van der Waals surface area contributed by atoms with Crippen LogP contribution in [0.3, 0.4) is 0 Å². The molecule has 2 aromatic rings. The van der Waals surface area contributed by atoms with E-state index in [4.69, 9.17) is 9.15 Å². The molecule has 0 spiro atoms. The molecule has 1 atom stereocenters. The van der Waals surface area contributed by atoms with Crippen LogP contribution in [0.4, 0.5) is 6.01 Å². The summed E-state index contributed by atoms with van der Waals surface area (Å²) in [5, 5.41) is 3.18. The number of nitrogens with one attached hydrogen (secondary N) is 1. The van der Waals surface area contributed by atoms with Gasteiger partial charge in [0.15, 0.2) is 5.69 Å². The lowest BCUT2D eigenvalue weighted by atomic mass is 10.1. The Hall–Kier alpha value is -2.30. The molecule has 5 nitrogen and oxygen atoms in total. The van der Waals surface area contributed by atoms with Crippen molar-refractivity contribution in [3.05, 3.63) is 47.9 Å². The van der Waals surface area contributed by atoms with Gasteiger partial charge in [-0.05, 0) is 18.9 Å². The average molecular weight is 274 g/mol. The average Bonchev–Trinajstić information content (AvgIpc) is 2.94. The smallest absolute Gasteiger partial charge is 0.360 e. The molecule has 20 heavy (non-hydrogen) atoms. The topological polar surface area (TPSA) is 64.4 Å². The molecule has 0 aliphatic heterocycles. The fourth-order valence-corrected chi connectivity index (χ4v) is 1.89. The molecule has 0 fully saturated rings. The summed E-state index contributed by atoms with van der Waals surface area (Å²) in [6.45, 7) is 4.13. The highest BCUT2D eigenvalue weighted by Crippen LogP contribution is 2.22.